The molecule has 0 bridgehead atoms. The lowest BCUT2D eigenvalue weighted by atomic mass is 10.2. The molecule has 4 heteroatoms. The van der Waals surface area contributed by atoms with Crippen LogP contribution in [-0.4, -0.2) is 19.5 Å². The average Bonchev–Trinajstić information content (AvgIpc) is 2.83. The van der Waals surface area contributed by atoms with Gasteiger partial charge in [0.1, 0.15) is 11.9 Å². The van der Waals surface area contributed by atoms with Crippen LogP contribution in [0.15, 0.2) is 24.3 Å². The highest BCUT2D eigenvalue weighted by atomic mass is 19.1. The Hall–Kier alpha value is -1.84. The minimum atomic E-state index is -0.605. The van der Waals surface area contributed by atoms with Crippen LogP contribution in [0, 0.1) is 5.82 Å². The van der Waals surface area contributed by atoms with Gasteiger partial charge in [0.05, 0.1) is 12.7 Å². The van der Waals surface area contributed by atoms with E-state index in [0.717, 1.165) is 18.9 Å². The molecular weight excluding hydrogens is 223 g/mol. The van der Waals surface area contributed by atoms with Crippen LogP contribution in [-0.2, 0) is 0 Å². The highest BCUT2D eigenvalue weighted by Gasteiger charge is 2.16. The Kier molecular flexibility index (Phi) is 3.42. The average molecular weight is 236 g/mol. The topological polar surface area (TPSA) is 35.5 Å². The fraction of sp³-hybridized carbons (Fsp3) is 0.308. The molecular formula is C13H13FO3. The zero-order valence-corrected chi connectivity index (χ0v) is 9.48. The van der Waals surface area contributed by atoms with E-state index in [0.29, 0.717) is 17.8 Å². The summed E-state index contributed by atoms with van der Waals surface area (Å²) in [5.41, 5.74) is -0.0252. The lowest BCUT2D eigenvalue weighted by Gasteiger charge is -2.15. The van der Waals surface area contributed by atoms with Gasteiger partial charge in [0.15, 0.2) is 17.8 Å². The largest absolute Gasteiger partial charge is 0.493 e. The van der Waals surface area contributed by atoms with Crippen LogP contribution in [0.4, 0.5) is 4.39 Å². The summed E-state index contributed by atoms with van der Waals surface area (Å²) in [5.74, 6) is 0.0899. The van der Waals surface area contributed by atoms with Crippen LogP contribution >= 0.6 is 0 Å². The second-order valence-electron chi connectivity index (χ2n) is 3.80. The number of allylic oxidation sites excluding steroid dienone is 1. The second-order valence-corrected chi connectivity index (χ2v) is 3.80. The summed E-state index contributed by atoms with van der Waals surface area (Å²) in [6.07, 6.45) is 6.26. The fourth-order valence-corrected chi connectivity index (χ4v) is 1.76. The molecule has 1 aliphatic rings. The molecule has 0 heterocycles. The third-order valence-corrected chi connectivity index (χ3v) is 2.66. The molecule has 0 saturated carbocycles. The highest BCUT2D eigenvalue weighted by molar-refractivity contribution is 5.77. The van der Waals surface area contributed by atoms with E-state index in [9.17, 15) is 9.18 Å². The molecule has 1 atom stereocenters. The third kappa shape index (κ3) is 2.46. The van der Waals surface area contributed by atoms with Crippen molar-refractivity contribution in [3.63, 3.8) is 0 Å². The van der Waals surface area contributed by atoms with Crippen molar-refractivity contribution in [2.45, 2.75) is 18.9 Å². The maximum atomic E-state index is 13.4. The Labute approximate surface area is 98.8 Å². The van der Waals surface area contributed by atoms with Crippen molar-refractivity contribution in [2.24, 2.45) is 0 Å². The molecule has 0 aromatic heterocycles. The molecule has 1 unspecified atom stereocenters. The molecule has 0 radical (unpaired) electrons. The Morgan fingerprint density at radius 1 is 1.41 bits per heavy atom. The molecule has 0 N–H and O–H groups in total. The highest BCUT2D eigenvalue weighted by Crippen LogP contribution is 2.31. The molecule has 0 fully saturated rings. The molecule has 0 spiro atoms. The number of methoxy groups -OCH3 is 1. The van der Waals surface area contributed by atoms with Gasteiger partial charge < -0.3 is 9.47 Å². The normalized spacial score (nSPS) is 18.1. The zero-order valence-electron chi connectivity index (χ0n) is 9.48. The van der Waals surface area contributed by atoms with Crippen LogP contribution in [0.25, 0.3) is 0 Å². The molecule has 0 saturated heterocycles. The number of benzene rings is 1. The molecule has 3 nitrogen and oxygen atoms in total. The minimum absolute atomic E-state index is 0.0252. The fourth-order valence-electron chi connectivity index (χ4n) is 1.76. The Bertz CT molecular complexity index is 454. The van der Waals surface area contributed by atoms with Gasteiger partial charge in [0.25, 0.3) is 0 Å². The van der Waals surface area contributed by atoms with Gasteiger partial charge >= 0.3 is 0 Å². The van der Waals surface area contributed by atoms with Crippen LogP contribution in [0.2, 0.25) is 0 Å². The number of rotatable bonds is 4. The van der Waals surface area contributed by atoms with E-state index >= 15 is 0 Å². The number of hydrogen-bond acceptors (Lipinski definition) is 3. The molecule has 0 amide bonds. The molecule has 1 aliphatic carbocycles. The summed E-state index contributed by atoms with van der Waals surface area (Å²) >= 11 is 0. The summed E-state index contributed by atoms with van der Waals surface area (Å²) in [6.45, 7) is 0. The summed E-state index contributed by atoms with van der Waals surface area (Å²) < 4.78 is 24.0. The third-order valence-electron chi connectivity index (χ3n) is 2.66. The van der Waals surface area contributed by atoms with Gasteiger partial charge in [0, 0.05) is 6.07 Å². The first-order valence-corrected chi connectivity index (χ1v) is 5.40. The Morgan fingerprint density at radius 3 is 2.82 bits per heavy atom. The number of carbonyl (C=O) groups excluding carboxylic acids is 1. The number of hydrogen-bond donors (Lipinski definition) is 0. The lowest BCUT2D eigenvalue weighted by molar-refractivity contribution is 0.111. The standard InChI is InChI=1S/C13H13FO3/c1-16-12-7-11(14)9(8-15)6-13(12)17-10-4-2-3-5-10/h2,4,6-8,10H,3,5H2,1H3. The van der Waals surface area contributed by atoms with Gasteiger partial charge in [-0.15, -0.1) is 0 Å². The van der Waals surface area contributed by atoms with Crippen LogP contribution < -0.4 is 9.47 Å². The van der Waals surface area contributed by atoms with Crippen LogP contribution in [0.1, 0.15) is 23.2 Å². The molecule has 1 aromatic rings. The van der Waals surface area contributed by atoms with Crippen molar-refractivity contribution in [3.05, 3.63) is 35.7 Å². The van der Waals surface area contributed by atoms with Crippen molar-refractivity contribution in [1.29, 1.82) is 0 Å². The van der Waals surface area contributed by atoms with Gasteiger partial charge in [0.2, 0.25) is 0 Å². The Balaban J connectivity index is 2.29. The summed E-state index contributed by atoms with van der Waals surface area (Å²) in [6, 6.07) is 2.53. The quantitative estimate of drug-likeness (QED) is 0.595. The van der Waals surface area contributed by atoms with Crippen LogP contribution in [0.3, 0.4) is 0 Å². The molecule has 0 aliphatic heterocycles. The summed E-state index contributed by atoms with van der Waals surface area (Å²) in [4.78, 5) is 10.7. The van der Waals surface area contributed by atoms with E-state index in [4.69, 9.17) is 9.47 Å². The van der Waals surface area contributed by atoms with E-state index in [1.54, 1.807) is 0 Å². The van der Waals surface area contributed by atoms with Crippen molar-refractivity contribution in [1.82, 2.24) is 0 Å². The monoisotopic (exact) mass is 236 g/mol. The maximum absolute atomic E-state index is 13.4. The SMILES string of the molecule is COc1cc(F)c(C=O)cc1OC1C=CCC1. The van der Waals surface area contributed by atoms with Crippen molar-refractivity contribution < 1.29 is 18.7 Å². The molecule has 90 valence electrons. The van der Waals surface area contributed by atoms with E-state index in [1.165, 1.54) is 13.2 Å². The number of halogens is 1. The maximum Gasteiger partial charge on any atom is 0.163 e. The van der Waals surface area contributed by atoms with Gasteiger partial charge in [-0.1, -0.05) is 6.08 Å². The predicted octanol–water partition coefficient (Wildman–Crippen LogP) is 2.74. The van der Waals surface area contributed by atoms with E-state index < -0.39 is 5.82 Å². The molecule has 17 heavy (non-hydrogen) atoms. The number of carbonyl (C=O) groups is 1. The summed E-state index contributed by atoms with van der Waals surface area (Å²) in [5, 5.41) is 0. The van der Waals surface area contributed by atoms with E-state index in [-0.39, 0.29) is 11.7 Å². The van der Waals surface area contributed by atoms with Crippen molar-refractivity contribution in [2.75, 3.05) is 7.11 Å². The zero-order chi connectivity index (χ0) is 12.3. The van der Waals surface area contributed by atoms with Crippen LogP contribution in [0.5, 0.6) is 11.5 Å². The van der Waals surface area contributed by atoms with E-state index in [2.05, 4.69) is 0 Å². The smallest absolute Gasteiger partial charge is 0.163 e. The predicted molar refractivity (Wildman–Crippen MR) is 61.1 cm³/mol. The van der Waals surface area contributed by atoms with E-state index in [1.807, 2.05) is 12.2 Å². The summed E-state index contributed by atoms with van der Waals surface area (Å²) in [7, 11) is 1.44. The lowest BCUT2D eigenvalue weighted by Crippen LogP contribution is -2.11. The second kappa shape index (κ2) is 4.99. The van der Waals surface area contributed by atoms with Crippen molar-refractivity contribution >= 4 is 6.29 Å². The van der Waals surface area contributed by atoms with Gasteiger partial charge in [-0.05, 0) is 25.0 Å². The first-order valence-electron chi connectivity index (χ1n) is 5.40. The minimum Gasteiger partial charge on any atom is -0.493 e. The van der Waals surface area contributed by atoms with Gasteiger partial charge in [-0.3, -0.25) is 4.79 Å². The Morgan fingerprint density at radius 2 is 2.24 bits per heavy atom. The first kappa shape index (κ1) is 11.6. The molecule has 2 rings (SSSR count). The van der Waals surface area contributed by atoms with Gasteiger partial charge in [-0.2, -0.15) is 0 Å². The van der Waals surface area contributed by atoms with Crippen molar-refractivity contribution in [3.8, 4) is 11.5 Å². The molecule has 1 aromatic carbocycles. The van der Waals surface area contributed by atoms with Gasteiger partial charge in [-0.25, -0.2) is 4.39 Å². The number of ether oxygens (including phenoxy) is 2. The number of aldehydes is 1. The first-order chi connectivity index (χ1) is 8.24.